The Hall–Kier alpha value is -3.48. The third-order valence-corrected chi connectivity index (χ3v) is 5.64. The van der Waals surface area contributed by atoms with Crippen molar-refractivity contribution in [2.24, 2.45) is 5.92 Å². The van der Waals surface area contributed by atoms with Gasteiger partial charge in [0.25, 0.3) is 5.91 Å². The van der Waals surface area contributed by atoms with Crippen molar-refractivity contribution in [1.82, 2.24) is 15.1 Å². The van der Waals surface area contributed by atoms with Gasteiger partial charge in [0.05, 0.1) is 11.8 Å². The molecule has 4 N–H and O–H groups in total. The fraction of sp³-hybridized carbons (Fsp3) is 0.261. The third kappa shape index (κ3) is 4.10. The Morgan fingerprint density at radius 1 is 1.33 bits per heavy atom. The zero-order chi connectivity index (χ0) is 21.1. The summed E-state index contributed by atoms with van der Waals surface area (Å²) < 4.78 is 13.5. The summed E-state index contributed by atoms with van der Waals surface area (Å²) in [6, 6.07) is 12.0. The molecular formula is C23H25FN5O+. The zero-order valence-corrected chi connectivity index (χ0v) is 16.8. The van der Waals surface area contributed by atoms with Gasteiger partial charge in [-0.05, 0) is 55.2 Å². The van der Waals surface area contributed by atoms with Crippen LogP contribution in [0, 0.1) is 11.7 Å². The fourth-order valence-electron chi connectivity index (χ4n) is 4.06. The van der Waals surface area contributed by atoms with Crippen LogP contribution >= 0.6 is 0 Å². The van der Waals surface area contributed by atoms with Crippen LogP contribution in [0.3, 0.4) is 0 Å². The van der Waals surface area contributed by atoms with Crippen LogP contribution in [0.5, 0.6) is 0 Å². The van der Waals surface area contributed by atoms with E-state index in [0.29, 0.717) is 18.0 Å². The highest BCUT2D eigenvalue weighted by atomic mass is 19.1. The van der Waals surface area contributed by atoms with E-state index in [-0.39, 0.29) is 11.9 Å². The van der Waals surface area contributed by atoms with Crippen molar-refractivity contribution in [3.63, 3.8) is 0 Å². The lowest BCUT2D eigenvalue weighted by Crippen LogP contribution is -2.34. The SMILES string of the molecule is CC1CC(CNc2ccc(-c3cn[nH]c3)cc2C=[NH2+])CN1C(=O)c1cccc(F)c1. The summed E-state index contributed by atoms with van der Waals surface area (Å²) in [5, 5.41) is 16.1. The molecule has 2 aromatic carbocycles. The first kappa shape index (κ1) is 19.8. The number of aromatic nitrogens is 2. The highest BCUT2D eigenvalue weighted by Crippen LogP contribution is 2.27. The Morgan fingerprint density at radius 3 is 2.93 bits per heavy atom. The van der Waals surface area contributed by atoms with Gasteiger partial charge in [0, 0.05) is 42.1 Å². The molecule has 0 bridgehead atoms. The van der Waals surface area contributed by atoms with Crippen LogP contribution in [-0.4, -0.2) is 46.4 Å². The van der Waals surface area contributed by atoms with E-state index in [1.807, 2.05) is 36.2 Å². The lowest BCUT2D eigenvalue weighted by atomic mass is 10.0. The maximum atomic E-state index is 13.5. The number of nitrogens with one attached hydrogen (secondary N) is 2. The van der Waals surface area contributed by atoms with E-state index in [1.54, 1.807) is 24.5 Å². The number of rotatable bonds is 6. The van der Waals surface area contributed by atoms with Crippen molar-refractivity contribution < 1.29 is 14.6 Å². The van der Waals surface area contributed by atoms with Crippen molar-refractivity contribution in [1.29, 1.82) is 0 Å². The minimum atomic E-state index is -0.393. The Kier molecular flexibility index (Phi) is 5.61. The first-order chi connectivity index (χ1) is 14.5. The van der Waals surface area contributed by atoms with Gasteiger partial charge < -0.3 is 10.2 Å². The van der Waals surface area contributed by atoms with Crippen molar-refractivity contribution in [3.8, 4) is 11.1 Å². The molecule has 0 spiro atoms. The number of carbonyl (C=O) groups is 1. The molecule has 1 aliphatic rings. The van der Waals surface area contributed by atoms with Gasteiger partial charge in [0.2, 0.25) is 0 Å². The van der Waals surface area contributed by atoms with Crippen molar-refractivity contribution in [3.05, 3.63) is 71.8 Å². The van der Waals surface area contributed by atoms with Crippen molar-refractivity contribution >= 4 is 17.8 Å². The second-order valence-electron chi connectivity index (χ2n) is 7.76. The number of anilines is 1. The van der Waals surface area contributed by atoms with E-state index < -0.39 is 5.82 Å². The standard InChI is InChI=1S/C23H24FN5O/c1-15-7-16(14-29(15)23(30)18-3-2-4-21(24)9-18)11-26-22-6-5-17(8-19(22)10-25)20-12-27-28-13-20/h2-6,8-10,12-13,15-16,25-26H,7,11,14H2,1H3,(H,27,28)/p+1. The molecule has 4 rings (SSSR count). The molecule has 1 aromatic heterocycles. The molecule has 6 nitrogen and oxygen atoms in total. The number of likely N-dealkylation sites (tertiary alicyclic amines) is 1. The molecule has 2 heterocycles. The van der Waals surface area contributed by atoms with Crippen molar-refractivity contribution in [2.45, 2.75) is 19.4 Å². The molecule has 30 heavy (non-hydrogen) atoms. The molecule has 0 aliphatic carbocycles. The molecule has 7 heteroatoms. The van der Waals surface area contributed by atoms with Gasteiger partial charge in [-0.25, -0.2) is 4.39 Å². The summed E-state index contributed by atoms with van der Waals surface area (Å²) in [6.07, 6.45) is 6.09. The van der Waals surface area contributed by atoms with Gasteiger partial charge in [0.1, 0.15) is 5.82 Å². The molecule has 1 amide bonds. The normalized spacial score (nSPS) is 18.4. The van der Waals surface area contributed by atoms with Crippen LogP contribution in [0.15, 0.2) is 54.9 Å². The van der Waals surface area contributed by atoms with Crippen molar-refractivity contribution in [2.75, 3.05) is 18.4 Å². The second-order valence-corrected chi connectivity index (χ2v) is 7.76. The van der Waals surface area contributed by atoms with E-state index in [0.717, 1.165) is 35.3 Å². The minimum absolute atomic E-state index is 0.108. The molecule has 3 aromatic rings. The van der Waals surface area contributed by atoms with E-state index in [1.165, 1.54) is 12.1 Å². The summed E-state index contributed by atoms with van der Waals surface area (Å²) in [4.78, 5) is 14.6. The first-order valence-corrected chi connectivity index (χ1v) is 10.0. The minimum Gasteiger partial charge on any atom is -0.384 e. The number of H-pyrrole nitrogens is 1. The maximum Gasteiger partial charge on any atom is 0.254 e. The number of nitrogens with zero attached hydrogens (tertiary/aromatic N) is 2. The predicted molar refractivity (Wildman–Crippen MR) is 115 cm³/mol. The van der Waals surface area contributed by atoms with Crippen LogP contribution < -0.4 is 10.7 Å². The quantitative estimate of drug-likeness (QED) is 0.549. The maximum absolute atomic E-state index is 13.5. The van der Waals surface area contributed by atoms with E-state index >= 15 is 0 Å². The lowest BCUT2D eigenvalue weighted by Gasteiger charge is -2.21. The molecule has 2 atom stereocenters. The summed E-state index contributed by atoms with van der Waals surface area (Å²) >= 11 is 0. The highest BCUT2D eigenvalue weighted by molar-refractivity contribution is 5.94. The smallest absolute Gasteiger partial charge is 0.254 e. The number of nitrogens with two attached hydrogens (primary N) is 1. The highest BCUT2D eigenvalue weighted by Gasteiger charge is 2.32. The topological polar surface area (TPSA) is 86.6 Å². The fourth-order valence-corrected chi connectivity index (χ4v) is 4.06. The largest absolute Gasteiger partial charge is 0.384 e. The summed E-state index contributed by atoms with van der Waals surface area (Å²) in [7, 11) is 0. The predicted octanol–water partition coefficient (Wildman–Crippen LogP) is 2.36. The molecule has 0 radical (unpaired) electrons. The monoisotopic (exact) mass is 406 g/mol. The van der Waals surface area contributed by atoms with Crippen LogP contribution in [0.25, 0.3) is 11.1 Å². The van der Waals surface area contributed by atoms with Crippen LogP contribution in [0.1, 0.15) is 29.3 Å². The number of aromatic amines is 1. The average Bonchev–Trinajstić information content (AvgIpc) is 3.41. The number of amides is 1. The Labute approximate surface area is 174 Å². The third-order valence-electron chi connectivity index (χ3n) is 5.64. The molecule has 1 fully saturated rings. The van der Waals surface area contributed by atoms with E-state index in [2.05, 4.69) is 15.5 Å². The lowest BCUT2D eigenvalue weighted by molar-refractivity contribution is -0.104. The Bertz CT molecular complexity index is 1050. The molecule has 0 saturated carbocycles. The van der Waals surface area contributed by atoms with Gasteiger partial charge >= 0.3 is 0 Å². The van der Waals surface area contributed by atoms with Gasteiger partial charge in [-0.2, -0.15) is 5.10 Å². The number of hydrogen-bond acceptors (Lipinski definition) is 3. The Balaban J connectivity index is 1.41. The van der Waals surface area contributed by atoms with Gasteiger partial charge in [0.15, 0.2) is 6.21 Å². The zero-order valence-electron chi connectivity index (χ0n) is 16.8. The summed E-state index contributed by atoms with van der Waals surface area (Å²) in [6.45, 7) is 3.40. The summed E-state index contributed by atoms with van der Waals surface area (Å²) in [5.74, 6) is -0.211. The van der Waals surface area contributed by atoms with Crippen LogP contribution in [0.2, 0.25) is 0 Å². The molecule has 2 unspecified atom stereocenters. The van der Waals surface area contributed by atoms with Crippen LogP contribution in [0.4, 0.5) is 10.1 Å². The number of benzene rings is 2. The molecule has 1 aliphatic heterocycles. The number of hydrogen-bond donors (Lipinski definition) is 3. The number of halogens is 1. The van der Waals surface area contributed by atoms with E-state index in [4.69, 9.17) is 5.41 Å². The summed E-state index contributed by atoms with van der Waals surface area (Å²) in [5.41, 5.74) is 4.29. The van der Waals surface area contributed by atoms with Crippen LogP contribution in [-0.2, 0) is 0 Å². The molecular weight excluding hydrogens is 381 g/mol. The van der Waals surface area contributed by atoms with Gasteiger partial charge in [-0.15, -0.1) is 0 Å². The molecule has 1 saturated heterocycles. The van der Waals surface area contributed by atoms with Gasteiger partial charge in [-0.3, -0.25) is 15.3 Å². The average molecular weight is 406 g/mol. The Morgan fingerprint density at radius 2 is 2.20 bits per heavy atom. The van der Waals surface area contributed by atoms with E-state index in [9.17, 15) is 9.18 Å². The first-order valence-electron chi connectivity index (χ1n) is 10.0. The van der Waals surface area contributed by atoms with Gasteiger partial charge in [-0.1, -0.05) is 12.1 Å². The molecule has 154 valence electrons. The second kappa shape index (κ2) is 8.49. The number of carbonyl (C=O) groups excluding carboxylic acids is 1.